The first-order chi connectivity index (χ1) is 5.20. The summed E-state index contributed by atoms with van der Waals surface area (Å²) in [6, 6.07) is 0. The van der Waals surface area contributed by atoms with Gasteiger partial charge in [-0.1, -0.05) is 19.9 Å². The predicted molar refractivity (Wildman–Crippen MR) is 47.3 cm³/mol. The van der Waals surface area contributed by atoms with E-state index >= 15 is 0 Å². The van der Waals surface area contributed by atoms with Gasteiger partial charge in [0.1, 0.15) is 0 Å². The molecule has 1 saturated carbocycles. The fraction of sp³-hybridized carbons (Fsp3) is 0.800. The maximum absolute atomic E-state index is 9.75. The zero-order valence-corrected chi connectivity index (χ0v) is 7.51. The van der Waals surface area contributed by atoms with Crippen molar-refractivity contribution in [1.82, 2.24) is 0 Å². The molecule has 0 saturated heterocycles. The van der Waals surface area contributed by atoms with Crippen LogP contribution in [0.4, 0.5) is 0 Å². The lowest BCUT2D eigenvalue weighted by molar-refractivity contribution is -0.106. The molecule has 64 valence electrons. The molecule has 0 aliphatic heterocycles. The predicted octanol–water partition coefficient (Wildman–Crippen LogP) is 2.36. The van der Waals surface area contributed by atoms with Gasteiger partial charge in [0.2, 0.25) is 0 Å². The van der Waals surface area contributed by atoms with Crippen LogP contribution in [0.3, 0.4) is 0 Å². The molecule has 1 heteroatoms. The van der Waals surface area contributed by atoms with E-state index in [0.717, 1.165) is 19.3 Å². The lowest BCUT2D eigenvalue weighted by Gasteiger charge is -2.51. The normalized spacial score (nSPS) is 34.5. The first kappa shape index (κ1) is 8.79. The molecule has 1 nitrogen and oxygen atoms in total. The molecule has 1 aliphatic rings. The van der Waals surface area contributed by atoms with E-state index in [2.05, 4.69) is 20.4 Å². The van der Waals surface area contributed by atoms with E-state index in [9.17, 15) is 5.11 Å². The van der Waals surface area contributed by atoms with Crippen molar-refractivity contribution in [3.05, 3.63) is 12.7 Å². The van der Waals surface area contributed by atoms with Gasteiger partial charge in [-0.15, -0.1) is 6.58 Å². The van der Waals surface area contributed by atoms with Gasteiger partial charge in [0.05, 0.1) is 6.10 Å². The van der Waals surface area contributed by atoms with E-state index in [1.807, 2.05) is 6.08 Å². The summed E-state index contributed by atoms with van der Waals surface area (Å²) in [6.45, 7) is 8.02. The van der Waals surface area contributed by atoms with Crippen LogP contribution in [-0.2, 0) is 0 Å². The number of hydrogen-bond donors (Lipinski definition) is 1. The van der Waals surface area contributed by atoms with Crippen molar-refractivity contribution in [2.45, 2.75) is 39.2 Å². The molecule has 11 heavy (non-hydrogen) atoms. The molecule has 0 spiro atoms. The Morgan fingerprint density at radius 2 is 2.09 bits per heavy atom. The molecular formula is C10H18O. The second-order valence-electron chi connectivity index (χ2n) is 3.62. The summed E-state index contributed by atoms with van der Waals surface area (Å²) in [7, 11) is 0. The van der Waals surface area contributed by atoms with E-state index in [4.69, 9.17) is 0 Å². The summed E-state index contributed by atoms with van der Waals surface area (Å²) >= 11 is 0. The summed E-state index contributed by atoms with van der Waals surface area (Å²) in [5, 5.41) is 9.75. The van der Waals surface area contributed by atoms with Gasteiger partial charge < -0.3 is 5.11 Å². The number of rotatable bonds is 3. The second-order valence-corrected chi connectivity index (χ2v) is 3.62. The Bertz CT molecular complexity index is 147. The van der Waals surface area contributed by atoms with Crippen LogP contribution in [0.25, 0.3) is 0 Å². The third-order valence-electron chi connectivity index (χ3n) is 3.39. The van der Waals surface area contributed by atoms with Gasteiger partial charge in [-0.2, -0.15) is 0 Å². The molecule has 0 aromatic carbocycles. The quantitative estimate of drug-likeness (QED) is 0.619. The highest BCUT2D eigenvalue weighted by Crippen LogP contribution is 2.50. The fourth-order valence-electron chi connectivity index (χ4n) is 2.16. The Hall–Kier alpha value is -0.300. The van der Waals surface area contributed by atoms with Gasteiger partial charge in [-0.25, -0.2) is 0 Å². The van der Waals surface area contributed by atoms with E-state index < -0.39 is 0 Å². The van der Waals surface area contributed by atoms with E-state index in [0.29, 0.717) is 5.92 Å². The zero-order chi connectivity index (χ0) is 8.48. The fourth-order valence-corrected chi connectivity index (χ4v) is 2.16. The molecule has 1 rings (SSSR count). The molecule has 0 radical (unpaired) electrons. The minimum atomic E-state index is -0.130. The van der Waals surface area contributed by atoms with E-state index in [1.165, 1.54) is 0 Å². The summed E-state index contributed by atoms with van der Waals surface area (Å²) in [5.41, 5.74) is 0.221. The molecule has 0 bridgehead atoms. The van der Waals surface area contributed by atoms with Crippen molar-refractivity contribution in [2.75, 3.05) is 0 Å². The van der Waals surface area contributed by atoms with Crippen molar-refractivity contribution in [3.8, 4) is 0 Å². The summed E-state index contributed by atoms with van der Waals surface area (Å²) in [5.74, 6) is 0.356. The van der Waals surface area contributed by atoms with Crippen LogP contribution in [0.1, 0.15) is 33.1 Å². The number of hydrogen-bond acceptors (Lipinski definition) is 1. The third kappa shape index (κ3) is 1.12. The lowest BCUT2D eigenvalue weighted by Crippen LogP contribution is -2.51. The van der Waals surface area contributed by atoms with Crippen LogP contribution in [0.5, 0.6) is 0 Å². The first-order valence-corrected chi connectivity index (χ1v) is 4.50. The molecule has 1 aliphatic carbocycles. The average Bonchev–Trinajstić information content (AvgIpc) is 2.05. The van der Waals surface area contributed by atoms with Gasteiger partial charge in [0, 0.05) is 5.92 Å². The molecule has 1 fully saturated rings. The zero-order valence-electron chi connectivity index (χ0n) is 7.51. The van der Waals surface area contributed by atoms with Gasteiger partial charge in [0.15, 0.2) is 0 Å². The minimum absolute atomic E-state index is 0.130. The molecule has 1 N–H and O–H groups in total. The van der Waals surface area contributed by atoms with E-state index in [-0.39, 0.29) is 11.5 Å². The largest absolute Gasteiger partial charge is 0.392 e. The standard InChI is InChI=1S/C10H18O/c1-4-8-7-10(5-2,6-3)9(8)11/h4,8-9,11H,1,5-7H2,2-3H3/t8-,9+/m1/s1. The van der Waals surface area contributed by atoms with Crippen LogP contribution in [-0.4, -0.2) is 11.2 Å². The Morgan fingerprint density at radius 1 is 1.55 bits per heavy atom. The maximum atomic E-state index is 9.75. The molecule has 0 unspecified atom stereocenters. The van der Waals surface area contributed by atoms with Gasteiger partial charge in [0.25, 0.3) is 0 Å². The molecule has 0 aromatic heterocycles. The van der Waals surface area contributed by atoms with Gasteiger partial charge in [-0.05, 0) is 24.7 Å². The summed E-state index contributed by atoms with van der Waals surface area (Å²) in [6.07, 6.45) is 5.07. The van der Waals surface area contributed by atoms with Crippen molar-refractivity contribution in [2.24, 2.45) is 11.3 Å². The smallest absolute Gasteiger partial charge is 0.0659 e. The van der Waals surface area contributed by atoms with Crippen molar-refractivity contribution < 1.29 is 5.11 Å². The van der Waals surface area contributed by atoms with Gasteiger partial charge >= 0.3 is 0 Å². The van der Waals surface area contributed by atoms with Crippen LogP contribution in [0.15, 0.2) is 12.7 Å². The van der Waals surface area contributed by atoms with Crippen molar-refractivity contribution in [1.29, 1.82) is 0 Å². The van der Waals surface area contributed by atoms with Crippen LogP contribution in [0, 0.1) is 11.3 Å². The van der Waals surface area contributed by atoms with Gasteiger partial charge in [-0.3, -0.25) is 0 Å². The maximum Gasteiger partial charge on any atom is 0.0659 e. The van der Waals surface area contributed by atoms with Crippen LogP contribution < -0.4 is 0 Å². The Morgan fingerprint density at radius 3 is 2.36 bits per heavy atom. The van der Waals surface area contributed by atoms with Crippen molar-refractivity contribution >= 4 is 0 Å². The Balaban J connectivity index is 2.58. The number of aliphatic hydroxyl groups is 1. The monoisotopic (exact) mass is 154 g/mol. The topological polar surface area (TPSA) is 20.2 Å². The van der Waals surface area contributed by atoms with Crippen molar-refractivity contribution in [3.63, 3.8) is 0 Å². The first-order valence-electron chi connectivity index (χ1n) is 4.50. The van der Waals surface area contributed by atoms with Crippen LogP contribution >= 0.6 is 0 Å². The second kappa shape index (κ2) is 2.98. The molecule has 2 atom stereocenters. The summed E-state index contributed by atoms with van der Waals surface area (Å²) < 4.78 is 0. The highest BCUT2D eigenvalue weighted by Gasteiger charge is 2.48. The molecule has 0 aromatic rings. The molecular weight excluding hydrogens is 136 g/mol. The SMILES string of the molecule is C=C[C@@H]1CC(CC)(CC)[C@H]1O. The minimum Gasteiger partial charge on any atom is -0.392 e. The third-order valence-corrected chi connectivity index (χ3v) is 3.39. The highest BCUT2D eigenvalue weighted by atomic mass is 16.3. The Labute approximate surface area is 69.1 Å². The number of aliphatic hydroxyl groups excluding tert-OH is 1. The van der Waals surface area contributed by atoms with E-state index in [1.54, 1.807) is 0 Å². The highest BCUT2D eigenvalue weighted by molar-refractivity contribution is 5.06. The lowest BCUT2D eigenvalue weighted by atomic mass is 9.57. The molecule has 0 amide bonds. The summed E-state index contributed by atoms with van der Waals surface area (Å²) in [4.78, 5) is 0. The molecule has 0 heterocycles. The Kier molecular flexibility index (Phi) is 2.38. The average molecular weight is 154 g/mol. The van der Waals surface area contributed by atoms with Crippen LogP contribution in [0.2, 0.25) is 0 Å².